The van der Waals surface area contributed by atoms with E-state index in [1.54, 1.807) is 32.4 Å². The summed E-state index contributed by atoms with van der Waals surface area (Å²) in [6, 6.07) is 5.64. The van der Waals surface area contributed by atoms with E-state index >= 15 is 0 Å². The molecule has 2 N–H and O–H groups in total. The molecule has 2 atom stereocenters. The van der Waals surface area contributed by atoms with Gasteiger partial charge in [0.25, 0.3) is 5.91 Å². The van der Waals surface area contributed by atoms with Gasteiger partial charge in [0.05, 0.1) is 13.7 Å². The molecule has 45 heavy (non-hydrogen) atoms. The van der Waals surface area contributed by atoms with Crippen LogP contribution in [0, 0.1) is 17.8 Å². The van der Waals surface area contributed by atoms with Gasteiger partial charge in [-0.1, -0.05) is 26.7 Å². The fourth-order valence-corrected chi connectivity index (χ4v) is 6.76. The quantitative estimate of drug-likeness (QED) is 0.248. The Morgan fingerprint density at radius 2 is 1.67 bits per heavy atom. The molecule has 2 saturated carbocycles. The number of carbonyl (C=O) groups excluding carboxylic acids is 3. The maximum absolute atomic E-state index is 13.9. The first-order valence-corrected chi connectivity index (χ1v) is 17.0. The molecule has 10 nitrogen and oxygen atoms in total. The van der Waals surface area contributed by atoms with E-state index in [4.69, 9.17) is 14.2 Å². The van der Waals surface area contributed by atoms with Crippen molar-refractivity contribution in [3.63, 3.8) is 0 Å². The van der Waals surface area contributed by atoms with Crippen LogP contribution in [0.5, 0.6) is 11.5 Å². The maximum atomic E-state index is 13.9. The summed E-state index contributed by atoms with van der Waals surface area (Å²) in [6.45, 7) is 11.9. The van der Waals surface area contributed by atoms with Crippen LogP contribution in [0.25, 0.3) is 0 Å². The zero-order chi connectivity index (χ0) is 32.6. The first kappa shape index (κ1) is 35.0. The largest absolute Gasteiger partial charge is 0.493 e. The predicted molar refractivity (Wildman–Crippen MR) is 175 cm³/mol. The first-order valence-electron chi connectivity index (χ1n) is 17.0. The second-order valence-electron chi connectivity index (χ2n) is 13.9. The third kappa shape index (κ3) is 9.35. The van der Waals surface area contributed by atoms with Crippen LogP contribution in [0.3, 0.4) is 0 Å². The highest BCUT2D eigenvalue weighted by Crippen LogP contribution is 2.37. The number of rotatable bonds is 17. The summed E-state index contributed by atoms with van der Waals surface area (Å²) in [5.74, 6) is 1.63. The number of benzene rings is 1. The zero-order valence-electron chi connectivity index (χ0n) is 28.4. The average molecular weight is 629 g/mol. The van der Waals surface area contributed by atoms with Gasteiger partial charge in [-0.3, -0.25) is 14.4 Å². The van der Waals surface area contributed by atoms with Crippen LogP contribution in [0.1, 0.15) is 89.4 Å². The van der Waals surface area contributed by atoms with Crippen LogP contribution in [0.15, 0.2) is 18.2 Å². The summed E-state index contributed by atoms with van der Waals surface area (Å²) in [5.41, 5.74) is 0.138. The summed E-state index contributed by atoms with van der Waals surface area (Å²) in [6.07, 6.45) is 6.98. The molecule has 3 fully saturated rings. The number of nitrogens with zero attached hydrogens (tertiary/aromatic N) is 2. The maximum Gasteiger partial charge on any atom is 0.254 e. The summed E-state index contributed by atoms with van der Waals surface area (Å²) in [5, 5.41) is 6.81. The highest BCUT2D eigenvalue weighted by atomic mass is 16.5. The molecule has 10 heteroatoms. The van der Waals surface area contributed by atoms with Crippen molar-refractivity contribution in [1.29, 1.82) is 0 Å². The van der Waals surface area contributed by atoms with Crippen LogP contribution in [-0.4, -0.2) is 98.8 Å². The lowest BCUT2D eigenvalue weighted by atomic mass is 9.90. The first-order chi connectivity index (χ1) is 21.6. The minimum absolute atomic E-state index is 0.000108. The Hall–Kier alpha value is -2.85. The van der Waals surface area contributed by atoms with Crippen molar-refractivity contribution in [3.8, 4) is 11.5 Å². The Morgan fingerprint density at radius 1 is 0.978 bits per heavy atom. The van der Waals surface area contributed by atoms with E-state index in [1.807, 2.05) is 32.6 Å². The highest BCUT2D eigenvalue weighted by Gasteiger charge is 2.43. The van der Waals surface area contributed by atoms with Gasteiger partial charge >= 0.3 is 0 Å². The molecule has 1 saturated heterocycles. The highest BCUT2D eigenvalue weighted by molar-refractivity contribution is 5.95. The van der Waals surface area contributed by atoms with E-state index in [1.165, 1.54) is 0 Å². The van der Waals surface area contributed by atoms with Gasteiger partial charge in [0.15, 0.2) is 11.5 Å². The Balaban J connectivity index is 1.43. The van der Waals surface area contributed by atoms with Crippen molar-refractivity contribution in [2.24, 2.45) is 17.8 Å². The molecule has 2 aliphatic carbocycles. The number of carbonyl (C=O) groups is 3. The fourth-order valence-electron chi connectivity index (χ4n) is 6.76. The van der Waals surface area contributed by atoms with Crippen LogP contribution in [-0.2, 0) is 14.3 Å². The van der Waals surface area contributed by atoms with Gasteiger partial charge in [0.2, 0.25) is 11.8 Å². The molecule has 0 unspecified atom stereocenters. The summed E-state index contributed by atoms with van der Waals surface area (Å²) in [4.78, 5) is 44.5. The van der Waals surface area contributed by atoms with Crippen LogP contribution >= 0.6 is 0 Å². The van der Waals surface area contributed by atoms with Crippen molar-refractivity contribution >= 4 is 17.7 Å². The number of hydrogen-bond donors (Lipinski definition) is 2. The lowest BCUT2D eigenvalue weighted by Gasteiger charge is -2.36. The molecule has 1 heterocycles. The van der Waals surface area contributed by atoms with Crippen molar-refractivity contribution < 1.29 is 28.6 Å². The molecular weight excluding hydrogens is 572 g/mol. The van der Waals surface area contributed by atoms with Crippen LogP contribution in [0.2, 0.25) is 0 Å². The second-order valence-corrected chi connectivity index (χ2v) is 13.9. The summed E-state index contributed by atoms with van der Waals surface area (Å²) in [7, 11) is 3.25. The topological polar surface area (TPSA) is 109 Å². The molecule has 4 rings (SSSR count). The zero-order valence-corrected chi connectivity index (χ0v) is 28.4. The Labute approximate surface area is 269 Å². The normalized spacial score (nSPS) is 20.8. The van der Waals surface area contributed by atoms with E-state index < -0.39 is 5.54 Å². The predicted octanol–water partition coefficient (Wildman–Crippen LogP) is 4.26. The van der Waals surface area contributed by atoms with E-state index in [0.29, 0.717) is 49.8 Å². The standard InChI is InChI=1S/C35H56N4O6/c1-24(2)33(41)37-35(14-7-8-15-35)19-32(40)39(29-11-12-29)23-28-21-36-20-27(28)22-38(25(3)4)34(42)26-10-13-30(44-6)31(18-26)45-17-9-16-43-5/h10,13,18,24-25,27-29,36H,7-9,11-12,14-17,19-23H2,1-6H3,(H,37,41)/t27-,28-/m0/s1. The van der Waals surface area contributed by atoms with Gasteiger partial charge in [-0.05, 0) is 69.6 Å². The Bertz CT molecular complexity index is 1150. The molecular formula is C35H56N4O6. The number of amides is 3. The van der Waals surface area contributed by atoms with Gasteiger partial charge in [0.1, 0.15) is 0 Å². The van der Waals surface area contributed by atoms with E-state index in [2.05, 4.69) is 15.5 Å². The van der Waals surface area contributed by atoms with Crippen molar-refractivity contribution in [2.45, 2.75) is 96.7 Å². The van der Waals surface area contributed by atoms with Crippen molar-refractivity contribution in [1.82, 2.24) is 20.4 Å². The molecule has 1 aromatic carbocycles. The van der Waals surface area contributed by atoms with Gasteiger partial charge in [-0.25, -0.2) is 0 Å². The van der Waals surface area contributed by atoms with E-state index in [0.717, 1.165) is 58.0 Å². The summed E-state index contributed by atoms with van der Waals surface area (Å²) >= 11 is 0. The van der Waals surface area contributed by atoms with Gasteiger partial charge in [0, 0.05) is 81.8 Å². The smallest absolute Gasteiger partial charge is 0.254 e. The minimum atomic E-state index is -0.426. The lowest BCUT2D eigenvalue weighted by molar-refractivity contribution is -0.135. The number of hydrogen-bond acceptors (Lipinski definition) is 7. The third-order valence-corrected chi connectivity index (χ3v) is 9.66. The molecule has 0 radical (unpaired) electrons. The van der Waals surface area contributed by atoms with Gasteiger partial charge < -0.3 is 34.6 Å². The number of nitrogens with one attached hydrogen (secondary N) is 2. The molecule has 1 aliphatic heterocycles. The molecule has 0 bridgehead atoms. The SMILES string of the molecule is COCCCOc1cc(C(=O)N(C[C@@H]2CNC[C@H]2CN(C(=O)CC2(NC(=O)C(C)C)CCCC2)C2CC2)C(C)C)ccc1OC. The number of methoxy groups -OCH3 is 2. The molecule has 1 aromatic rings. The molecule has 3 amide bonds. The fraction of sp³-hybridized carbons (Fsp3) is 0.743. The third-order valence-electron chi connectivity index (χ3n) is 9.66. The van der Waals surface area contributed by atoms with E-state index in [-0.39, 0.29) is 47.6 Å². The second kappa shape index (κ2) is 16.1. The Morgan fingerprint density at radius 3 is 2.27 bits per heavy atom. The molecule has 0 spiro atoms. The molecule has 252 valence electrons. The van der Waals surface area contributed by atoms with Gasteiger partial charge in [-0.15, -0.1) is 0 Å². The van der Waals surface area contributed by atoms with Gasteiger partial charge in [-0.2, -0.15) is 0 Å². The van der Waals surface area contributed by atoms with Crippen LogP contribution in [0.4, 0.5) is 0 Å². The Kier molecular flexibility index (Phi) is 12.5. The average Bonchev–Trinajstić information content (AvgIpc) is 3.59. The molecule has 0 aromatic heterocycles. The molecule has 3 aliphatic rings. The van der Waals surface area contributed by atoms with Crippen molar-refractivity contribution in [3.05, 3.63) is 23.8 Å². The number of ether oxygens (including phenoxy) is 3. The lowest BCUT2D eigenvalue weighted by Crippen LogP contribution is -2.52. The van der Waals surface area contributed by atoms with Crippen molar-refractivity contribution in [2.75, 3.05) is 53.6 Å². The monoisotopic (exact) mass is 628 g/mol. The van der Waals surface area contributed by atoms with E-state index in [9.17, 15) is 14.4 Å². The summed E-state index contributed by atoms with van der Waals surface area (Å²) < 4.78 is 16.6. The minimum Gasteiger partial charge on any atom is -0.493 e. The van der Waals surface area contributed by atoms with Crippen LogP contribution < -0.4 is 20.1 Å².